The molecule has 95 heavy (non-hydrogen) atoms. The minimum absolute atomic E-state index is 0.0516. The number of hydrogen-bond acceptors (Lipinski definition) is 8. The molecule has 0 heterocycles. The van der Waals surface area contributed by atoms with Crippen molar-refractivity contribution >= 4 is 19.8 Å². The Balaban J connectivity index is 3.77. The number of nitrogens with two attached hydrogens (primary N) is 1. The SMILES string of the molecule is CC/C=C\C/C=C\C/C=C\C/C=C\C/C=C\C/C=C\C/C=C\CCCCCCCCCCCCCC(=O)OC(COC(=O)CCCCCCCCCCCCCCCCCCCCCCCCCCCCCCCCCCCCCCCCCCC)COP(=O)(O)OCCN. The van der Waals surface area contributed by atoms with Crippen LogP contribution in [0.15, 0.2) is 85.1 Å². The average Bonchev–Trinajstić information content (AvgIpc) is 3.25. The molecule has 2 atom stereocenters. The predicted molar refractivity (Wildman–Crippen MR) is 413 cm³/mol. The maximum Gasteiger partial charge on any atom is 0.472 e. The third-order valence-corrected chi connectivity index (χ3v) is 19.3. The first-order valence-corrected chi connectivity index (χ1v) is 42.6. The average molecular weight is 1350 g/mol. The monoisotopic (exact) mass is 1350 g/mol. The molecule has 0 bridgehead atoms. The summed E-state index contributed by atoms with van der Waals surface area (Å²) in [5, 5.41) is 0. The number of esters is 2. The number of carbonyl (C=O) groups is 2. The lowest BCUT2D eigenvalue weighted by Gasteiger charge is -2.19. The molecule has 9 nitrogen and oxygen atoms in total. The lowest BCUT2D eigenvalue weighted by molar-refractivity contribution is -0.161. The van der Waals surface area contributed by atoms with Crippen molar-refractivity contribution in [3.05, 3.63) is 85.1 Å². The number of carbonyl (C=O) groups excluding carboxylic acids is 2. The fourth-order valence-corrected chi connectivity index (χ4v) is 13.0. The molecule has 0 spiro atoms. The van der Waals surface area contributed by atoms with Gasteiger partial charge in [-0.15, -0.1) is 0 Å². The molecule has 0 rings (SSSR count). The van der Waals surface area contributed by atoms with Gasteiger partial charge < -0.3 is 20.1 Å². The van der Waals surface area contributed by atoms with E-state index in [1.165, 1.54) is 289 Å². The Morgan fingerprint density at radius 1 is 0.326 bits per heavy atom. The van der Waals surface area contributed by atoms with Crippen molar-refractivity contribution in [1.82, 2.24) is 0 Å². The molecule has 0 fully saturated rings. The van der Waals surface area contributed by atoms with Crippen LogP contribution >= 0.6 is 7.82 Å². The van der Waals surface area contributed by atoms with Crippen molar-refractivity contribution in [2.75, 3.05) is 26.4 Å². The van der Waals surface area contributed by atoms with Crippen molar-refractivity contribution in [3.63, 3.8) is 0 Å². The Bertz CT molecular complexity index is 1840. The van der Waals surface area contributed by atoms with Gasteiger partial charge in [-0.2, -0.15) is 0 Å². The highest BCUT2D eigenvalue weighted by Gasteiger charge is 2.26. The number of phosphoric ester groups is 1. The zero-order valence-electron chi connectivity index (χ0n) is 62.7. The summed E-state index contributed by atoms with van der Waals surface area (Å²) in [5.41, 5.74) is 5.42. The Morgan fingerprint density at radius 2 is 0.579 bits per heavy atom. The van der Waals surface area contributed by atoms with Crippen LogP contribution in [-0.4, -0.2) is 49.3 Å². The summed E-state index contributed by atoms with van der Waals surface area (Å²) < 4.78 is 33.3. The molecule has 0 aliphatic heterocycles. The van der Waals surface area contributed by atoms with Gasteiger partial charge in [-0.25, -0.2) is 4.57 Å². The molecule has 0 aliphatic rings. The van der Waals surface area contributed by atoms with E-state index in [-0.39, 0.29) is 38.6 Å². The maximum atomic E-state index is 12.8. The largest absolute Gasteiger partial charge is 0.472 e. The van der Waals surface area contributed by atoms with Crippen molar-refractivity contribution in [2.45, 2.75) is 418 Å². The normalized spacial score (nSPS) is 13.3. The summed E-state index contributed by atoms with van der Waals surface area (Å²) in [5.74, 6) is -0.816. The molecule has 0 saturated heterocycles. The van der Waals surface area contributed by atoms with Crippen molar-refractivity contribution < 1.29 is 37.6 Å². The van der Waals surface area contributed by atoms with Gasteiger partial charge >= 0.3 is 19.8 Å². The van der Waals surface area contributed by atoms with E-state index in [1.807, 2.05) is 0 Å². The number of hydrogen-bond donors (Lipinski definition) is 2. The molecular formula is C85H156NO8P. The maximum absolute atomic E-state index is 12.8. The van der Waals surface area contributed by atoms with E-state index in [0.717, 1.165) is 89.9 Å². The summed E-state index contributed by atoms with van der Waals surface area (Å²) in [6.45, 7) is 3.69. The number of rotatable bonds is 78. The third-order valence-electron chi connectivity index (χ3n) is 18.3. The minimum atomic E-state index is -4.40. The Kier molecular flexibility index (Phi) is 77.8. The molecule has 0 aromatic heterocycles. The lowest BCUT2D eigenvalue weighted by atomic mass is 10.0. The van der Waals surface area contributed by atoms with Gasteiger partial charge in [0, 0.05) is 19.4 Å². The Labute approximate surface area is 589 Å². The fourth-order valence-electron chi connectivity index (χ4n) is 12.3. The van der Waals surface area contributed by atoms with E-state index < -0.39 is 26.5 Å². The topological polar surface area (TPSA) is 134 Å². The smallest absolute Gasteiger partial charge is 0.462 e. The molecule has 0 aromatic carbocycles. The van der Waals surface area contributed by atoms with Gasteiger partial charge in [0.25, 0.3) is 0 Å². The first-order chi connectivity index (χ1) is 46.8. The first-order valence-electron chi connectivity index (χ1n) is 41.1. The molecule has 2 unspecified atom stereocenters. The number of unbranched alkanes of at least 4 members (excludes halogenated alkanes) is 51. The van der Waals surface area contributed by atoms with Crippen LogP contribution in [0.2, 0.25) is 0 Å². The van der Waals surface area contributed by atoms with E-state index in [2.05, 4.69) is 98.9 Å². The molecule has 0 amide bonds. The van der Waals surface area contributed by atoms with E-state index in [0.29, 0.717) is 6.42 Å². The molecule has 0 radical (unpaired) electrons. The highest BCUT2D eigenvalue weighted by Crippen LogP contribution is 2.43. The van der Waals surface area contributed by atoms with Gasteiger partial charge in [0.15, 0.2) is 6.10 Å². The van der Waals surface area contributed by atoms with Crippen molar-refractivity contribution in [1.29, 1.82) is 0 Å². The molecular weight excluding hydrogens is 1190 g/mol. The second kappa shape index (κ2) is 80.2. The van der Waals surface area contributed by atoms with Crippen molar-refractivity contribution in [3.8, 4) is 0 Å². The molecule has 0 aromatic rings. The second-order valence-electron chi connectivity index (χ2n) is 27.6. The highest BCUT2D eigenvalue weighted by molar-refractivity contribution is 7.47. The van der Waals surface area contributed by atoms with Crippen LogP contribution in [0.4, 0.5) is 0 Å². The summed E-state index contributed by atoms with van der Waals surface area (Å²) in [6, 6.07) is 0. The second-order valence-corrected chi connectivity index (χ2v) is 29.1. The lowest BCUT2D eigenvalue weighted by Crippen LogP contribution is -2.29. The first kappa shape index (κ1) is 92.2. The van der Waals surface area contributed by atoms with Crippen LogP contribution in [0.5, 0.6) is 0 Å². The van der Waals surface area contributed by atoms with Crippen LogP contribution in [0.3, 0.4) is 0 Å². The van der Waals surface area contributed by atoms with E-state index in [1.54, 1.807) is 0 Å². The quantitative estimate of drug-likeness (QED) is 0.0264. The summed E-state index contributed by atoms with van der Waals surface area (Å²) in [7, 11) is -4.40. The minimum Gasteiger partial charge on any atom is -0.462 e. The van der Waals surface area contributed by atoms with Gasteiger partial charge in [0.05, 0.1) is 13.2 Å². The zero-order valence-corrected chi connectivity index (χ0v) is 63.6. The fraction of sp³-hybridized carbons (Fsp3) is 0.812. The summed E-state index contributed by atoms with van der Waals surface area (Å²) in [6.07, 6.45) is 109. The summed E-state index contributed by atoms with van der Waals surface area (Å²) >= 11 is 0. The number of phosphoric acid groups is 1. The predicted octanol–water partition coefficient (Wildman–Crippen LogP) is 27.7. The molecule has 10 heteroatoms. The van der Waals surface area contributed by atoms with Crippen LogP contribution in [0.1, 0.15) is 412 Å². The molecule has 554 valence electrons. The third kappa shape index (κ3) is 80.1. The van der Waals surface area contributed by atoms with E-state index in [4.69, 9.17) is 24.3 Å². The van der Waals surface area contributed by atoms with Gasteiger partial charge in [-0.05, 0) is 70.6 Å². The number of ether oxygens (including phenoxy) is 2. The Morgan fingerprint density at radius 3 is 0.863 bits per heavy atom. The van der Waals surface area contributed by atoms with Gasteiger partial charge in [0.2, 0.25) is 0 Å². The highest BCUT2D eigenvalue weighted by atomic mass is 31.2. The van der Waals surface area contributed by atoms with Crippen LogP contribution in [0, 0.1) is 0 Å². The zero-order chi connectivity index (χ0) is 68.6. The molecule has 3 N–H and O–H groups in total. The van der Waals surface area contributed by atoms with E-state index in [9.17, 15) is 19.0 Å². The standard InChI is InChI=1S/C85H156NO8P/c1-3-5-7-9-11-13-15-17-19-21-23-25-27-29-31-33-35-37-38-39-40-41-42-43-44-46-47-49-51-53-55-57-59-61-63-65-67-69-71-73-75-77-84(87)91-81-83(82-93-95(89,90)92-80-79-86)94-85(88)78-76-74-72-70-68-66-64-62-60-58-56-54-52-50-48-45-36-34-32-30-28-26-24-22-20-18-16-14-12-10-8-6-4-2/h6,8,12,14,18,20,24,26,30,32,36,45,50,52,83H,3-5,7,9-11,13,15-17,19,21-23,25,27-29,31,33-35,37-44,46-49,51,53-82,86H2,1-2H3,(H,89,90)/b8-6-,14-12-,20-18-,26-24-,32-30-,45-36-,52-50-. The van der Waals surface area contributed by atoms with Crippen LogP contribution in [-0.2, 0) is 32.7 Å². The van der Waals surface area contributed by atoms with Crippen molar-refractivity contribution in [2.24, 2.45) is 5.73 Å². The van der Waals surface area contributed by atoms with Crippen LogP contribution < -0.4 is 5.73 Å². The van der Waals surface area contributed by atoms with Gasteiger partial charge in [-0.3, -0.25) is 18.6 Å². The van der Waals surface area contributed by atoms with Gasteiger partial charge in [-0.1, -0.05) is 414 Å². The molecule has 0 aliphatic carbocycles. The van der Waals surface area contributed by atoms with Crippen LogP contribution in [0.25, 0.3) is 0 Å². The number of allylic oxidation sites excluding steroid dienone is 14. The van der Waals surface area contributed by atoms with E-state index >= 15 is 0 Å². The molecule has 0 saturated carbocycles. The Hall–Kier alpha value is -2.81. The summed E-state index contributed by atoms with van der Waals surface area (Å²) in [4.78, 5) is 35.5. The van der Waals surface area contributed by atoms with Gasteiger partial charge in [0.1, 0.15) is 6.61 Å².